The van der Waals surface area contributed by atoms with Gasteiger partial charge < -0.3 is 5.73 Å². The van der Waals surface area contributed by atoms with Crippen LogP contribution in [0.25, 0.3) is 0 Å². The van der Waals surface area contributed by atoms with Gasteiger partial charge in [0, 0.05) is 16.2 Å². The third kappa shape index (κ3) is 2.76. The fourth-order valence-corrected chi connectivity index (χ4v) is 4.04. The molecule has 0 amide bonds. The lowest BCUT2D eigenvalue weighted by molar-refractivity contribution is 0.578. The van der Waals surface area contributed by atoms with Crippen molar-refractivity contribution < 1.29 is 8.42 Å². The van der Waals surface area contributed by atoms with E-state index in [9.17, 15) is 8.42 Å². The van der Waals surface area contributed by atoms with E-state index in [4.69, 9.17) is 17.3 Å². The zero-order valence-electron chi connectivity index (χ0n) is 9.07. The molecule has 0 aliphatic heterocycles. The molecule has 0 radical (unpaired) electrons. The van der Waals surface area contributed by atoms with E-state index in [1.807, 2.05) is 6.92 Å². The second-order valence-corrected chi connectivity index (χ2v) is 7.17. The molecule has 0 heterocycles. The van der Waals surface area contributed by atoms with Crippen molar-refractivity contribution in [2.45, 2.75) is 24.3 Å². The highest BCUT2D eigenvalue weighted by Crippen LogP contribution is 2.35. The largest absolute Gasteiger partial charge is 0.399 e. The molecule has 0 aromatic heterocycles. The number of sulfonamides is 1. The van der Waals surface area contributed by atoms with Crippen molar-refractivity contribution in [3.63, 3.8) is 0 Å². The summed E-state index contributed by atoms with van der Waals surface area (Å²) in [7, 11) is -3.60. The summed E-state index contributed by atoms with van der Waals surface area (Å²) < 4.78 is 27.2. The molecule has 0 saturated heterocycles. The number of benzene rings is 1. The predicted octanol–water partition coefficient (Wildman–Crippen LogP) is 2.37. The highest BCUT2D eigenvalue weighted by Gasteiger charge is 2.37. The Bertz CT molecular complexity index is 562. The minimum atomic E-state index is -3.60. The summed E-state index contributed by atoms with van der Waals surface area (Å²) in [5.74, 6) is 0.382. The van der Waals surface area contributed by atoms with Crippen LogP contribution >= 0.6 is 27.5 Å². The molecule has 2 unspecified atom stereocenters. The molecule has 3 N–H and O–H groups in total. The lowest BCUT2D eigenvalue weighted by Crippen LogP contribution is -2.27. The zero-order valence-corrected chi connectivity index (χ0v) is 12.2. The first-order valence-electron chi connectivity index (χ1n) is 5.08. The lowest BCUT2D eigenvalue weighted by Gasteiger charge is -2.10. The van der Waals surface area contributed by atoms with Gasteiger partial charge >= 0.3 is 0 Å². The van der Waals surface area contributed by atoms with Gasteiger partial charge in [0.15, 0.2) is 0 Å². The van der Waals surface area contributed by atoms with Crippen LogP contribution in [0, 0.1) is 5.92 Å². The van der Waals surface area contributed by atoms with Crippen molar-refractivity contribution >= 4 is 43.2 Å². The summed E-state index contributed by atoms with van der Waals surface area (Å²) in [6.45, 7) is 1.99. The van der Waals surface area contributed by atoms with Crippen LogP contribution in [0.1, 0.15) is 13.3 Å². The van der Waals surface area contributed by atoms with E-state index >= 15 is 0 Å². The van der Waals surface area contributed by atoms with Gasteiger partial charge in [0.25, 0.3) is 0 Å². The Balaban J connectivity index is 2.39. The Morgan fingerprint density at radius 1 is 1.53 bits per heavy atom. The van der Waals surface area contributed by atoms with Crippen LogP contribution in [0.4, 0.5) is 5.69 Å². The summed E-state index contributed by atoms with van der Waals surface area (Å²) in [6, 6.07) is 2.94. The number of hydrogen-bond acceptors (Lipinski definition) is 3. The van der Waals surface area contributed by atoms with Gasteiger partial charge in [0.2, 0.25) is 10.0 Å². The number of nitrogen functional groups attached to an aromatic ring is 1. The highest BCUT2D eigenvalue weighted by atomic mass is 79.9. The van der Waals surface area contributed by atoms with Crippen LogP contribution in [0.3, 0.4) is 0 Å². The molecule has 1 aliphatic rings. The number of rotatable bonds is 3. The molecule has 4 nitrogen and oxygen atoms in total. The van der Waals surface area contributed by atoms with E-state index in [1.54, 1.807) is 6.07 Å². The zero-order chi connectivity index (χ0) is 12.8. The molecule has 17 heavy (non-hydrogen) atoms. The Morgan fingerprint density at radius 2 is 2.12 bits per heavy atom. The normalized spacial score (nSPS) is 23.7. The number of nitrogens with two attached hydrogens (primary N) is 1. The van der Waals surface area contributed by atoms with Crippen LogP contribution in [-0.4, -0.2) is 14.5 Å². The highest BCUT2D eigenvalue weighted by molar-refractivity contribution is 9.10. The first-order valence-corrected chi connectivity index (χ1v) is 7.73. The van der Waals surface area contributed by atoms with Crippen molar-refractivity contribution in [1.29, 1.82) is 0 Å². The summed E-state index contributed by atoms with van der Waals surface area (Å²) in [5.41, 5.74) is 5.97. The number of anilines is 1. The lowest BCUT2D eigenvalue weighted by atomic mass is 10.3. The van der Waals surface area contributed by atoms with Crippen molar-refractivity contribution in [3.05, 3.63) is 21.6 Å². The van der Waals surface area contributed by atoms with Crippen LogP contribution in [0.15, 0.2) is 21.5 Å². The van der Waals surface area contributed by atoms with Crippen molar-refractivity contribution in [3.8, 4) is 0 Å². The molecule has 2 rings (SSSR count). The summed E-state index contributed by atoms with van der Waals surface area (Å²) in [5, 5.41) is 0.153. The van der Waals surface area contributed by atoms with E-state index in [0.717, 1.165) is 6.42 Å². The SMILES string of the molecule is CC1CC1NS(=O)(=O)c1cc(N)cc(Br)c1Cl. The summed E-state index contributed by atoms with van der Waals surface area (Å²) in [4.78, 5) is 0.0186. The van der Waals surface area contributed by atoms with Crippen LogP contribution in [0.5, 0.6) is 0 Å². The molecular formula is C10H12BrClN2O2S. The van der Waals surface area contributed by atoms with Crippen molar-refractivity contribution in [2.24, 2.45) is 5.92 Å². The van der Waals surface area contributed by atoms with Gasteiger partial charge in [0.1, 0.15) is 4.90 Å². The molecule has 1 aromatic rings. The molecule has 94 valence electrons. The fourth-order valence-electron chi connectivity index (χ4n) is 1.53. The third-order valence-corrected chi connectivity index (χ3v) is 5.61. The summed E-state index contributed by atoms with van der Waals surface area (Å²) in [6.07, 6.45) is 0.861. The predicted molar refractivity (Wildman–Crippen MR) is 71.5 cm³/mol. The molecule has 1 aromatic carbocycles. The van der Waals surface area contributed by atoms with Gasteiger partial charge in [-0.2, -0.15) is 0 Å². The van der Waals surface area contributed by atoms with Gasteiger partial charge in [-0.15, -0.1) is 0 Å². The Hall–Kier alpha value is -0.300. The van der Waals surface area contributed by atoms with E-state index in [2.05, 4.69) is 20.7 Å². The Morgan fingerprint density at radius 3 is 2.65 bits per heavy atom. The Kier molecular flexibility index (Phi) is 3.42. The van der Waals surface area contributed by atoms with Gasteiger partial charge in [0.05, 0.1) is 5.02 Å². The maximum Gasteiger partial charge on any atom is 0.242 e. The second-order valence-electron chi connectivity index (χ2n) is 4.26. The Labute approximate surface area is 114 Å². The molecule has 2 atom stereocenters. The number of hydrogen-bond donors (Lipinski definition) is 2. The minimum Gasteiger partial charge on any atom is -0.399 e. The molecule has 7 heteroatoms. The molecular weight excluding hydrogens is 328 g/mol. The second kappa shape index (κ2) is 4.42. The third-order valence-electron chi connectivity index (χ3n) is 2.72. The summed E-state index contributed by atoms with van der Waals surface area (Å²) >= 11 is 9.15. The van der Waals surface area contributed by atoms with Crippen molar-refractivity contribution in [1.82, 2.24) is 4.72 Å². The maximum atomic E-state index is 12.1. The first-order chi connectivity index (χ1) is 7.81. The van der Waals surface area contributed by atoms with Gasteiger partial charge in [-0.05, 0) is 40.4 Å². The number of nitrogens with one attached hydrogen (secondary N) is 1. The van der Waals surface area contributed by atoms with Gasteiger partial charge in [-0.25, -0.2) is 13.1 Å². The van der Waals surface area contributed by atoms with Crippen LogP contribution < -0.4 is 10.5 Å². The van der Waals surface area contributed by atoms with Crippen LogP contribution in [0.2, 0.25) is 5.02 Å². The van der Waals surface area contributed by atoms with E-state index in [0.29, 0.717) is 16.1 Å². The first kappa shape index (κ1) is 13.1. The molecule has 1 saturated carbocycles. The smallest absolute Gasteiger partial charge is 0.242 e. The number of halogens is 2. The topological polar surface area (TPSA) is 72.2 Å². The quantitative estimate of drug-likeness (QED) is 0.830. The van der Waals surface area contributed by atoms with E-state index in [-0.39, 0.29) is 16.0 Å². The minimum absolute atomic E-state index is 0.0104. The standard InChI is InChI=1S/C10H12BrClN2O2S/c1-5-2-8(5)14-17(15,16)9-4-6(13)3-7(11)10(9)12/h3-5,8,14H,2,13H2,1H3. The van der Waals surface area contributed by atoms with E-state index in [1.165, 1.54) is 6.07 Å². The fraction of sp³-hybridized carbons (Fsp3) is 0.400. The molecule has 1 aliphatic carbocycles. The molecule has 1 fully saturated rings. The van der Waals surface area contributed by atoms with Crippen molar-refractivity contribution in [2.75, 3.05) is 5.73 Å². The molecule has 0 bridgehead atoms. The molecule has 0 spiro atoms. The average molecular weight is 340 g/mol. The van der Waals surface area contributed by atoms with Gasteiger partial charge in [-0.1, -0.05) is 18.5 Å². The van der Waals surface area contributed by atoms with Crippen LogP contribution in [-0.2, 0) is 10.0 Å². The monoisotopic (exact) mass is 338 g/mol. The van der Waals surface area contributed by atoms with E-state index < -0.39 is 10.0 Å². The maximum absolute atomic E-state index is 12.1. The average Bonchev–Trinajstić information content (AvgIpc) is 2.86. The van der Waals surface area contributed by atoms with Gasteiger partial charge in [-0.3, -0.25) is 0 Å².